The maximum absolute atomic E-state index is 12.5. The lowest BCUT2D eigenvalue weighted by Crippen LogP contribution is -2.57. The number of aromatic nitrogens is 2. The molecule has 4 aliphatic carbocycles. The van der Waals surface area contributed by atoms with Gasteiger partial charge in [0.25, 0.3) is 5.91 Å². The van der Waals surface area contributed by atoms with Crippen molar-refractivity contribution in [2.75, 3.05) is 13.7 Å². The second-order valence-electron chi connectivity index (χ2n) is 12.7. The van der Waals surface area contributed by atoms with Gasteiger partial charge in [0.15, 0.2) is 12.4 Å². The van der Waals surface area contributed by atoms with Crippen LogP contribution in [0.25, 0.3) is 0 Å². The monoisotopic (exact) mass is 554 g/mol. The molecule has 0 radical (unpaired) electrons. The van der Waals surface area contributed by atoms with Gasteiger partial charge in [0, 0.05) is 23.7 Å². The Morgan fingerprint density at radius 3 is 2.65 bits per heavy atom. The molecule has 1 heterocycles. The van der Waals surface area contributed by atoms with Gasteiger partial charge in [-0.2, -0.15) is 0 Å². The van der Waals surface area contributed by atoms with Crippen molar-refractivity contribution in [3.8, 4) is 0 Å². The van der Waals surface area contributed by atoms with E-state index in [4.69, 9.17) is 9.57 Å². The molecule has 0 saturated heterocycles. The first-order valence-electron chi connectivity index (χ1n) is 14.5. The van der Waals surface area contributed by atoms with Crippen molar-refractivity contribution in [3.63, 3.8) is 0 Å². The van der Waals surface area contributed by atoms with Gasteiger partial charge in [-0.1, -0.05) is 24.6 Å². The summed E-state index contributed by atoms with van der Waals surface area (Å²) < 4.78 is 4.82. The number of fused-ring (bicyclic) bond motifs is 5. The van der Waals surface area contributed by atoms with Crippen molar-refractivity contribution in [3.05, 3.63) is 29.9 Å². The van der Waals surface area contributed by atoms with Gasteiger partial charge in [-0.05, 0) is 87.5 Å². The molecule has 3 saturated carbocycles. The van der Waals surface area contributed by atoms with E-state index in [9.17, 15) is 19.5 Å². The fourth-order valence-corrected chi connectivity index (χ4v) is 8.60. The number of nitrogens with zero attached hydrogens (tertiary/aromatic N) is 2. The van der Waals surface area contributed by atoms with E-state index in [2.05, 4.69) is 40.4 Å². The number of esters is 1. The van der Waals surface area contributed by atoms with E-state index in [0.717, 1.165) is 50.7 Å². The van der Waals surface area contributed by atoms with Gasteiger partial charge in [0.05, 0.1) is 19.1 Å². The standard InChI is InChI=1S/C30H42N4O6/c1-18(35)30(38)12-9-24-22-6-5-19-13-20(7-10-28(19,2)23(22)8-11-29(24,30)3)34-40-16-26(36)33-25(27(37)39-4)14-21-15-31-17-32-21/h13,15,17,22-25,38H,5-12,14,16H2,1-4H3,(H,31,32)(H,33,36)/b34-20+/t22-,23+,24+,25-,28+,29+,30+/m1/s1. The molecular weight excluding hydrogens is 512 g/mol. The Bertz CT molecular complexity index is 1210. The van der Waals surface area contributed by atoms with Crippen LogP contribution >= 0.6 is 0 Å². The molecule has 40 heavy (non-hydrogen) atoms. The number of carbonyl (C=O) groups excluding carboxylic acids is 3. The number of hydrogen-bond acceptors (Lipinski definition) is 8. The number of nitrogens with one attached hydrogen (secondary N) is 2. The van der Waals surface area contributed by atoms with E-state index in [1.807, 2.05) is 0 Å². The molecule has 1 aromatic rings. The molecule has 3 N–H and O–H groups in total. The third-order valence-electron chi connectivity index (χ3n) is 10.9. The van der Waals surface area contributed by atoms with E-state index in [-0.39, 0.29) is 29.6 Å². The summed E-state index contributed by atoms with van der Waals surface area (Å²) in [5, 5.41) is 18.3. The van der Waals surface area contributed by atoms with Crippen LogP contribution in [-0.4, -0.2) is 63.8 Å². The predicted molar refractivity (Wildman–Crippen MR) is 147 cm³/mol. The van der Waals surface area contributed by atoms with Gasteiger partial charge in [-0.3, -0.25) is 9.59 Å². The second kappa shape index (κ2) is 10.8. The number of carbonyl (C=O) groups is 3. The average molecular weight is 555 g/mol. The van der Waals surface area contributed by atoms with Crippen LogP contribution in [0.2, 0.25) is 0 Å². The van der Waals surface area contributed by atoms with Gasteiger partial charge in [-0.15, -0.1) is 0 Å². The quantitative estimate of drug-likeness (QED) is 0.331. The Balaban J connectivity index is 1.21. The number of allylic oxidation sites excluding steroid dienone is 2. The summed E-state index contributed by atoms with van der Waals surface area (Å²) in [4.78, 5) is 49.4. The van der Waals surface area contributed by atoms with Crippen molar-refractivity contribution in [2.24, 2.45) is 33.7 Å². The number of aromatic amines is 1. The number of hydrogen-bond donors (Lipinski definition) is 3. The minimum Gasteiger partial charge on any atom is -0.467 e. The zero-order valence-corrected chi connectivity index (χ0v) is 24.0. The zero-order valence-electron chi connectivity index (χ0n) is 24.0. The van der Waals surface area contributed by atoms with Crippen LogP contribution in [-0.2, 0) is 30.4 Å². The van der Waals surface area contributed by atoms with Crippen molar-refractivity contribution in [1.82, 2.24) is 15.3 Å². The fraction of sp³-hybridized carbons (Fsp3) is 0.700. The summed E-state index contributed by atoms with van der Waals surface area (Å²) in [5.41, 5.74) is 1.46. The number of ketones is 1. The average Bonchev–Trinajstić information content (AvgIpc) is 3.54. The first-order chi connectivity index (χ1) is 19.0. The number of imidazole rings is 1. The molecular formula is C30H42N4O6. The molecule has 4 aliphatic rings. The molecule has 0 unspecified atom stereocenters. The number of amides is 1. The molecule has 0 aliphatic heterocycles. The number of rotatable bonds is 8. The highest BCUT2D eigenvalue weighted by atomic mass is 16.6. The number of Topliss-reactive ketones (excluding diaryl/α,β-unsaturated/α-hetero) is 1. The molecule has 5 rings (SSSR count). The Labute approximate surface area is 235 Å². The van der Waals surface area contributed by atoms with Crippen molar-refractivity contribution in [1.29, 1.82) is 0 Å². The molecule has 0 aromatic carbocycles. The summed E-state index contributed by atoms with van der Waals surface area (Å²) in [5.74, 6) is 0.325. The SMILES string of the molecule is COC(=O)[C@@H](Cc1cnc[nH]1)NC(=O)CO/N=C1/C=C2CC[C@@H]3[C@H](CC[C@@]4(C)[C@H]3CC[C@]4(O)C(C)=O)[C@@]2(C)CC1. The van der Waals surface area contributed by atoms with Gasteiger partial charge >= 0.3 is 5.97 Å². The number of methoxy groups -OCH3 is 1. The smallest absolute Gasteiger partial charge is 0.328 e. The number of ether oxygens (including phenoxy) is 1. The van der Waals surface area contributed by atoms with Gasteiger partial charge in [-0.25, -0.2) is 9.78 Å². The lowest BCUT2D eigenvalue weighted by atomic mass is 9.46. The third-order valence-corrected chi connectivity index (χ3v) is 10.9. The van der Waals surface area contributed by atoms with Crippen molar-refractivity contribution < 1.29 is 29.1 Å². The number of H-pyrrole nitrogens is 1. The molecule has 0 spiro atoms. The largest absolute Gasteiger partial charge is 0.467 e. The lowest BCUT2D eigenvalue weighted by molar-refractivity contribution is -0.159. The predicted octanol–water partition coefficient (Wildman–Crippen LogP) is 3.27. The maximum Gasteiger partial charge on any atom is 0.328 e. The maximum atomic E-state index is 12.5. The first-order valence-corrected chi connectivity index (χ1v) is 14.5. The van der Waals surface area contributed by atoms with E-state index < -0.39 is 23.5 Å². The minimum atomic E-state index is -1.19. The van der Waals surface area contributed by atoms with Crippen LogP contribution < -0.4 is 5.32 Å². The highest BCUT2D eigenvalue weighted by molar-refractivity contribution is 5.96. The third kappa shape index (κ3) is 4.78. The van der Waals surface area contributed by atoms with Crippen LogP contribution in [0.5, 0.6) is 0 Å². The summed E-state index contributed by atoms with van der Waals surface area (Å²) in [7, 11) is 1.28. The van der Waals surface area contributed by atoms with Crippen molar-refractivity contribution >= 4 is 23.4 Å². The lowest BCUT2D eigenvalue weighted by Gasteiger charge is -2.59. The summed E-state index contributed by atoms with van der Waals surface area (Å²) in [6.45, 7) is 5.78. The van der Waals surface area contributed by atoms with Crippen LogP contribution in [0, 0.1) is 28.6 Å². The highest BCUT2D eigenvalue weighted by Crippen LogP contribution is 2.67. The molecule has 1 aromatic heterocycles. The molecule has 3 fully saturated rings. The molecule has 10 nitrogen and oxygen atoms in total. The Morgan fingerprint density at radius 2 is 1.95 bits per heavy atom. The molecule has 218 valence electrons. The van der Waals surface area contributed by atoms with E-state index in [1.54, 1.807) is 13.1 Å². The Morgan fingerprint density at radius 1 is 1.18 bits per heavy atom. The first kappa shape index (κ1) is 28.5. The molecule has 7 atom stereocenters. The summed E-state index contributed by atoms with van der Waals surface area (Å²) >= 11 is 0. The topological polar surface area (TPSA) is 143 Å². The zero-order chi connectivity index (χ0) is 28.7. The number of oxime groups is 1. The Hall–Kier alpha value is -3.01. The molecule has 0 bridgehead atoms. The normalized spacial score (nSPS) is 36.5. The number of aliphatic hydroxyl groups is 1. The summed E-state index contributed by atoms with van der Waals surface area (Å²) in [6, 6.07) is -0.856. The van der Waals surface area contributed by atoms with Crippen LogP contribution in [0.1, 0.15) is 77.8 Å². The van der Waals surface area contributed by atoms with Crippen LogP contribution in [0.4, 0.5) is 0 Å². The van der Waals surface area contributed by atoms with Crippen molar-refractivity contribution in [2.45, 2.75) is 90.2 Å². The summed E-state index contributed by atoms with van der Waals surface area (Å²) in [6.07, 6.45) is 12.6. The van der Waals surface area contributed by atoms with E-state index in [0.29, 0.717) is 29.9 Å². The Kier molecular flexibility index (Phi) is 7.67. The minimum absolute atomic E-state index is 0.0674. The van der Waals surface area contributed by atoms with E-state index in [1.165, 1.54) is 19.0 Å². The molecule has 10 heteroatoms. The highest BCUT2D eigenvalue weighted by Gasteiger charge is 2.65. The van der Waals surface area contributed by atoms with E-state index >= 15 is 0 Å². The van der Waals surface area contributed by atoms with Crippen LogP contribution in [0.3, 0.4) is 0 Å². The van der Waals surface area contributed by atoms with Gasteiger partial charge < -0.3 is 25.0 Å². The van der Waals surface area contributed by atoms with Crippen LogP contribution in [0.15, 0.2) is 29.3 Å². The van der Waals surface area contributed by atoms with Gasteiger partial charge in [0.2, 0.25) is 0 Å². The fourth-order valence-electron chi connectivity index (χ4n) is 8.60. The molecule has 1 amide bonds. The van der Waals surface area contributed by atoms with Gasteiger partial charge in [0.1, 0.15) is 11.6 Å². The second-order valence-corrected chi connectivity index (χ2v) is 12.7.